The largest absolute Gasteiger partial charge is 0.309 e. The molecular weight excluding hydrogens is 476 g/mol. The smallest absolute Gasteiger partial charge is 0.203 e. The molecule has 0 bridgehead atoms. The lowest BCUT2D eigenvalue weighted by atomic mass is 10.1. The van der Waals surface area contributed by atoms with Crippen LogP contribution in [0.2, 0.25) is 0 Å². The molecule has 2 aromatic heterocycles. The Morgan fingerprint density at radius 2 is 1.05 bits per heavy atom. The third-order valence-electron chi connectivity index (χ3n) is 7.58. The molecule has 7 aromatic rings. The van der Waals surface area contributed by atoms with Gasteiger partial charge >= 0.3 is 0 Å². The Morgan fingerprint density at radius 3 is 1.71 bits per heavy atom. The summed E-state index contributed by atoms with van der Waals surface area (Å²) in [4.78, 5) is 5.10. The van der Waals surface area contributed by atoms with Gasteiger partial charge in [-0.25, -0.2) is 0 Å². The van der Waals surface area contributed by atoms with Crippen molar-refractivity contribution in [2.45, 2.75) is 0 Å². The van der Waals surface area contributed by atoms with Crippen molar-refractivity contribution in [3.05, 3.63) is 158 Å². The van der Waals surface area contributed by atoms with Crippen LogP contribution in [0.3, 0.4) is 0 Å². The lowest BCUT2D eigenvalue weighted by molar-refractivity contribution is 1.18. The zero-order chi connectivity index (χ0) is 25.4. The molecule has 7 rings (SSSR count). The number of benzene rings is 5. The Morgan fingerprint density at radius 1 is 0.474 bits per heavy atom. The second kappa shape index (κ2) is 9.29. The van der Waals surface area contributed by atoms with Crippen LogP contribution in [0.5, 0.6) is 0 Å². The van der Waals surface area contributed by atoms with Gasteiger partial charge in [0.1, 0.15) is 0 Å². The third-order valence-corrected chi connectivity index (χ3v) is 12.3. The van der Waals surface area contributed by atoms with Gasteiger partial charge in [0.05, 0.1) is 11.0 Å². The van der Waals surface area contributed by atoms with E-state index in [-0.39, 0.29) is 0 Å². The van der Waals surface area contributed by atoms with Crippen molar-refractivity contribution in [1.82, 2.24) is 9.55 Å². The minimum Gasteiger partial charge on any atom is -0.309 e. The first-order valence-electron chi connectivity index (χ1n) is 13.0. The summed E-state index contributed by atoms with van der Waals surface area (Å²) >= 11 is 0. The van der Waals surface area contributed by atoms with E-state index in [2.05, 4.69) is 150 Å². The van der Waals surface area contributed by atoms with Crippen molar-refractivity contribution in [2.24, 2.45) is 0 Å². The predicted octanol–water partition coefficient (Wildman–Crippen LogP) is 5.56. The maximum atomic E-state index is 5.10. The molecule has 0 saturated carbocycles. The molecule has 0 fully saturated rings. The molecule has 0 aliphatic rings. The molecule has 38 heavy (non-hydrogen) atoms. The molecule has 0 atom stereocenters. The van der Waals surface area contributed by atoms with Crippen LogP contribution in [0, 0.1) is 0 Å². The van der Waals surface area contributed by atoms with Gasteiger partial charge in [0.25, 0.3) is 0 Å². The number of fused-ring (bicyclic) bond motifs is 3. The van der Waals surface area contributed by atoms with Crippen molar-refractivity contribution < 1.29 is 0 Å². The van der Waals surface area contributed by atoms with E-state index in [1.165, 1.54) is 37.4 Å². The third kappa shape index (κ3) is 3.36. The molecule has 2 nitrogen and oxygen atoms in total. The average molecular weight is 503 g/mol. The molecule has 180 valence electrons. The Labute approximate surface area is 223 Å². The monoisotopic (exact) mass is 502 g/mol. The molecular formula is C35H26N2Si. The first-order valence-corrected chi connectivity index (χ1v) is 15.0. The summed E-state index contributed by atoms with van der Waals surface area (Å²) in [6, 6.07) is 54.8. The maximum absolute atomic E-state index is 5.10. The Bertz CT molecular complexity index is 1750. The fraction of sp³-hybridized carbons (Fsp3) is 0. The zero-order valence-corrected chi connectivity index (χ0v) is 21.9. The summed E-state index contributed by atoms with van der Waals surface area (Å²) in [6.45, 7) is 0. The van der Waals surface area contributed by atoms with E-state index < -0.39 is 8.07 Å². The summed E-state index contributed by atoms with van der Waals surface area (Å²) in [6.07, 6.45) is 1.94. The van der Waals surface area contributed by atoms with Gasteiger partial charge in [0.15, 0.2) is 0 Å². The number of pyridine rings is 1. The van der Waals surface area contributed by atoms with Crippen LogP contribution in [0.1, 0.15) is 0 Å². The van der Waals surface area contributed by atoms with Crippen molar-refractivity contribution in [1.29, 1.82) is 0 Å². The van der Waals surface area contributed by atoms with Gasteiger partial charge in [-0.3, -0.25) is 4.98 Å². The molecule has 0 saturated heterocycles. The second-order valence-electron chi connectivity index (χ2n) is 9.59. The lowest BCUT2D eigenvalue weighted by Gasteiger charge is -2.34. The highest BCUT2D eigenvalue weighted by molar-refractivity contribution is 7.20. The minimum atomic E-state index is -2.82. The molecule has 0 aliphatic heterocycles. The SMILES string of the molecule is c1ccc(-n2c3ccccc3c3cccc([Si](c4ccccc4)(c4ccccc4)c4ccccn4)c32)cc1. The summed E-state index contributed by atoms with van der Waals surface area (Å²) in [5, 5.41) is 7.64. The van der Waals surface area contributed by atoms with E-state index in [0.717, 1.165) is 11.0 Å². The fourth-order valence-corrected chi connectivity index (χ4v) is 10.8. The number of para-hydroxylation sites is 3. The number of rotatable bonds is 5. The topological polar surface area (TPSA) is 17.8 Å². The quantitative estimate of drug-likeness (QED) is 0.223. The van der Waals surface area contributed by atoms with Crippen LogP contribution < -0.4 is 20.9 Å². The van der Waals surface area contributed by atoms with Crippen LogP contribution in [-0.4, -0.2) is 17.6 Å². The summed E-state index contributed by atoms with van der Waals surface area (Å²) in [5.74, 6) is 0. The first-order chi connectivity index (χ1) is 18.9. The molecule has 0 amide bonds. The standard InChI is InChI=1S/C35H26N2Si/c1-4-15-27(16-5-1)37-32-23-11-10-21-30(32)31-22-14-24-33(35(31)37)38(28-17-6-2-7-18-28,29-19-8-3-9-20-29)34-25-12-13-26-36-34/h1-26H. The van der Waals surface area contributed by atoms with E-state index in [4.69, 9.17) is 4.98 Å². The van der Waals surface area contributed by atoms with Gasteiger partial charge in [0.2, 0.25) is 8.07 Å². The van der Waals surface area contributed by atoms with Crippen LogP contribution in [-0.2, 0) is 0 Å². The first kappa shape index (κ1) is 22.5. The zero-order valence-electron chi connectivity index (χ0n) is 20.9. The predicted molar refractivity (Wildman–Crippen MR) is 162 cm³/mol. The Kier molecular flexibility index (Phi) is 5.49. The van der Waals surface area contributed by atoms with Gasteiger partial charge in [0, 0.05) is 28.0 Å². The van der Waals surface area contributed by atoms with Crippen molar-refractivity contribution in [2.75, 3.05) is 0 Å². The van der Waals surface area contributed by atoms with E-state index in [0.29, 0.717) is 0 Å². The number of nitrogens with zero attached hydrogens (tertiary/aromatic N) is 2. The van der Waals surface area contributed by atoms with Crippen molar-refractivity contribution in [3.63, 3.8) is 0 Å². The minimum absolute atomic E-state index is 1.13. The van der Waals surface area contributed by atoms with Crippen LogP contribution in [0.25, 0.3) is 27.5 Å². The van der Waals surface area contributed by atoms with E-state index in [1.807, 2.05) is 12.3 Å². The van der Waals surface area contributed by atoms with Gasteiger partial charge in [-0.1, -0.05) is 121 Å². The summed E-state index contributed by atoms with van der Waals surface area (Å²) < 4.78 is 2.45. The Hall–Kier alpha value is -4.73. The van der Waals surface area contributed by atoms with Crippen molar-refractivity contribution >= 4 is 50.8 Å². The lowest BCUT2D eigenvalue weighted by Crippen LogP contribution is -2.75. The summed E-state index contributed by atoms with van der Waals surface area (Å²) in [7, 11) is -2.82. The number of hydrogen-bond acceptors (Lipinski definition) is 1. The number of hydrogen-bond donors (Lipinski definition) is 0. The van der Waals surface area contributed by atoms with E-state index in [9.17, 15) is 0 Å². The van der Waals surface area contributed by atoms with Gasteiger partial charge in [-0.2, -0.15) is 0 Å². The van der Waals surface area contributed by atoms with Gasteiger partial charge < -0.3 is 4.57 Å². The van der Waals surface area contributed by atoms with Crippen molar-refractivity contribution in [3.8, 4) is 5.69 Å². The molecule has 0 N–H and O–H groups in total. The molecule has 3 heteroatoms. The number of aromatic nitrogens is 2. The summed E-state index contributed by atoms with van der Waals surface area (Å²) in [5.41, 5.74) is 3.63. The molecule has 0 aliphatic carbocycles. The second-order valence-corrected chi connectivity index (χ2v) is 13.3. The molecule has 2 heterocycles. The van der Waals surface area contributed by atoms with E-state index >= 15 is 0 Å². The maximum Gasteiger partial charge on any atom is 0.203 e. The highest BCUT2D eigenvalue weighted by Gasteiger charge is 2.44. The molecule has 0 radical (unpaired) electrons. The molecule has 0 spiro atoms. The van der Waals surface area contributed by atoms with Crippen LogP contribution in [0.15, 0.2) is 158 Å². The fourth-order valence-electron chi connectivity index (χ4n) is 6.04. The normalized spacial score (nSPS) is 11.7. The molecule has 5 aromatic carbocycles. The van der Waals surface area contributed by atoms with Crippen LogP contribution in [0.4, 0.5) is 0 Å². The molecule has 0 unspecified atom stereocenters. The highest BCUT2D eigenvalue weighted by Crippen LogP contribution is 2.32. The van der Waals surface area contributed by atoms with E-state index in [1.54, 1.807) is 0 Å². The van der Waals surface area contributed by atoms with Crippen LogP contribution >= 0.6 is 0 Å². The van der Waals surface area contributed by atoms with Gasteiger partial charge in [-0.05, 0) is 45.9 Å². The Balaban J connectivity index is 1.73. The average Bonchev–Trinajstić information content (AvgIpc) is 3.35. The van der Waals surface area contributed by atoms with Gasteiger partial charge in [-0.15, -0.1) is 0 Å². The highest BCUT2D eigenvalue weighted by atomic mass is 28.3.